The maximum absolute atomic E-state index is 4.68. The molecule has 0 spiro atoms. The lowest BCUT2D eigenvalue weighted by Crippen LogP contribution is -2.12. The second-order valence-electron chi connectivity index (χ2n) is 7.99. The highest BCUT2D eigenvalue weighted by molar-refractivity contribution is 5.91. The van der Waals surface area contributed by atoms with E-state index in [4.69, 9.17) is 0 Å². The number of hydrogen-bond acceptors (Lipinski definition) is 5. The summed E-state index contributed by atoms with van der Waals surface area (Å²) in [6.45, 7) is 6.65. The van der Waals surface area contributed by atoms with Crippen molar-refractivity contribution in [2.24, 2.45) is 0 Å². The van der Waals surface area contributed by atoms with E-state index < -0.39 is 0 Å². The predicted molar refractivity (Wildman–Crippen MR) is 112 cm³/mol. The zero-order valence-corrected chi connectivity index (χ0v) is 16.0. The van der Waals surface area contributed by atoms with Crippen molar-refractivity contribution < 1.29 is 0 Å². The summed E-state index contributed by atoms with van der Waals surface area (Å²) in [4.78, 5) is 13.8. The van der Waals surface area contributed by atoms with E-state index >= 15 is 0 Å². The molecule has 5 aromatic rings. The van der Waals surface area contributed by atoms with Crippen LogP contribution in [0.3, 0.4) is 0 Å². The molecule has 136 valence electrons. The van der Waals surface area contributed by atoms with Gasteiger partial charge in [0.15, 0.2) is 5.82 Å². The summed E-state index contributed by atoms with van der Waals surface area (Å²) < 4.78 is 0. The predicted octanol–water partition coefficient (Wildman–Crippen LogP) is 5.09. The van der Waals surface area contributed by atoms with Crippen LogP contribution in [0.25, 0.3) is 44.5 Å². The van der Waals surface area contributed by atoms with Gasteiger partial charge in [0.1, 0.15) is 0 Å². The Labute approximate surface area is 162 Å². The Morgan fingerprint density at radius 3 is 2.11 bits per heavy atom. The van der Waals surface area contributed by atoms with Gasteiger partial charge in [-0.05, 0) is 46.0 Å². The van der Waals surface area contributed by atoms with Gasteiger partial charge < -0.3 is 0 Å². The van der Waals surface area contributed by atoms with E-state index in [1.807, 2.05) is 24.3 Å². The van der Waals surface area contributed by atoms with Crippen LogP contribution in [0.4, 0.5) is 0 Å². The Morgan fingerprint density at radius 2 is 1.36 bits per heavy atom. The van der Waals surface area contributed by atoms with Gasteiger partial charge in [-0.1, -0.05) is 57.2 Å². The molecule has 2 aromatic heterocycles. The van der Waals surface area contributed by atoms with Crippen LogP contribution in [0.15, 0.2) is 60.7 Å². The fraction of sp³-hybridized carbons (Fsp3) is 0.174. The van der Waals surface area contributed by atoms with Gasteiger partial charge in [-0.2, -0.15) is 0 Å². The lowest BCUT2D eigenvalue weighted by molar-refractivity contribution is 0.596. The second kappa shape index (κ2) is 6.02. The standard InChI is InChI=1S/C23H19N5/c1-23(2,3)17-13-15(12-14-8-4-5-9-16(14)17)20-26-21-22(28-27-20)25-19-11-7-6-10-18(19)24-21/h4-13H,1-3H3. The number of benzene rings is 3. The first-order valence-electron chi connectivity index (χ1n) is 9.30. The van der Waals surface area contributed by atoms with Gasteiger partial charge in [0.05, 0.1) is 11.0 Å². The smallest absolute Gasteiger partial charge is 0.220 e. The number of nitrogens with zero attached hydrogens (tertiary/aromatic N) is 5. The summed E-state index contributed by atoms with van der Waals surface area (Å²) in [7, 11) is 0. The summed E-state index contributed by atoms with van der Waals surface area (Å²) in [5.74, 6) is 0.563. The van der Waals surface area contributed by atoms with Crippen molar-refractivity contribution in [2.45, 2.75) is 26.2 Å². The molecule has 2 heterocycles. The Morgan fingerprint density at radius 1 is 0.679 bits per heavy atom. The molecule has 0 saturated heterocycles. The highest BCUT2D eigenvalue weighted by Crippen LogP contribution is 2.33. The van der Waals surface area contributed by atoms with Crippen molar-refractivity contribution in [1.82, 2.24) is 25.1 Å². The van der Waals surface area contributed by atoms with E-state index in [0.29, 0.717) is 17.1 Å². The van der Waals surface area contributed by atoms with Crippen LogP contribution in [0.2, 0.25) is 0 Å². The Balaban J connectivity index is 1.75. The number of fused-ring (bicyclic) bond motifs is 3. The fourth-order valence-corrected chi connectivity index (χ4v) is 3.52. The van der Waals surface area contributed by atoms with Crippen LogP contribution in [0.1, 0.15) is 26.3 Å². The molecule has 5 nitrogen and oxygen atoms in total. The molecule has 0 amide bonds. The van der Waals surface area contributed by atoms with Crippen LogP contribution in [-0.2, 0) is 5.41 Å². The molecule has 28 heavy (non-hydrogen) atoms. The average Bonchev–Trinajstić information content (AvgIpc) is 2.70. The van der Waals surface area contributed by atoms with Crippen LogP contribution in [0, 0.1) is 0 Å². The molecular formula is C23H19N5. The SMILES string of the molecule is CC(C)(C)c1cc(-c2nnc3nc4ccccc4nc3n2)cc2ccccc12. The zero-order chi connectivity index (χ0) is 19.3. The lowest BCUT2D eigenvalue weighted by atomic mass is 9.82. The number of aromatic nitrogens is 5. The van der Waals surface area contributed by atoms with Gasteiger partial charge in [0, 0.05) is 5.56 Å². The maximum atomic E-state index is 4.68. The molecule has 5 heteroatoms. The molecule has 0 bridgehead atoms. The van der Waals surface area contributed by atoms with E-state index in [2.05, 4.69) is 82.3 Å². The zero-order valence-electron chi connectivity index (χ0n) is 16.0. The van der Waals surface area contributed by atoms with E-state index in [-0.39, 0.29) is 5.41 Å². The van der Waals surface area contributed by atoms with Gasteiger partial charge in [0.2, 0.25) is 11.3 Å². The van der Waals surface area contributed by atoms with Crippen LogP contribution in [0.5, 0.6) is 0 Å². The molecule has 0 atom stereocenters. The van der Waals surface area contributed by atoms with Crippen LogP contribution in [-0.4, -0.2) is 25.1 Å². The van der Waals surface area contributed by atoms with Crippen LogP contribution >= 0.6 is 0 Å². The molecule has 0 unspecified atom stereocenters. The lowest BCUT2D eigenvalue weighted by Gasteiger charge is -2.22. The minimum absolute atomic E-state index is 0.00407. The molecule has 3 aromatic carbocycles. The first-order chi connectivity index (χ1) is 13.5. The third kappa shape index (κ3) is 2.76. The quantitative estimate of drug-likeness (QED) is 0.387. The van der Waals surface area contributed by atoms with Gasteiger partial charge in [-0.25, -0.2) is 15.0 Å². The van der Waals surface area contributed by atoms with Crippen molar-refractivity contribution in [3.8, 4) is 11.4 Å². The third-order valence-electron chi connectivity index (χ3n) is 4.91. The third-order valence-corrected chi connectivity index (χ3v) is 4.91. The molecule has 0 aliphatic carbocycles. The van der Waals surface area contributed by atoms with E-state index in [1.165, 1.54) is 16.3 Å². The average molecular weight is 365 g/mol. The molecule has 0 saturated carbocycles. The van der Waals surface area contributed by atoms with E-state index in [0.717, 1.165) is 16.6 Å². The number of para-hydroxylation sites is 2. The summed E-state index contributed by atoms with van der Waals surface area (Å²) in [6, 6.07) is 20.4. The normalized spacial score (nSPS) is 12.1. The largest absolute Gasteiger partial charge is 0.223 e. The minimum Gasteiger partial charge on any atom is -0.223 e. The van der Waals surface area contributed by atoms with E-state index in [9.17, 15) is 0 Å². The second-order valence-corrected chi connectivity index (χ2v) is 7.99. The molecular weight excluding hydrogens is 346 g/mol. The molecule has 0 aliphatic rings. The summed E-state index contributed by atoms with van der Waals surface area (Å²) in [5.41, 5.74) is 4.75. The number of hydrogen-bond donors (Lipinski definition) is 0. The molecule has 5 rings (SSSR count). The van der Waals surface area contributed by atoms with Crippen LogP contribution < -0.4 is 0 Å². The fourth-order valence-electron chi connectivity index (χ4n) is 3.52. The maximum Gasteiger partial charge on any atom is 0.220 e. The first kappa shape index (κ1) is 16.7. The summed E-state index contributed by atoms with van der Waals surface area (Å²) in [5, 5.41) is 11.1. The van der Waals surface area contributed by atoms with Crippen molar-refractivity contribution >= 4 is 33.1 Å². The Hall–Kier alpha value is -3.47. The molecule has 0 N–H and O–H groups in total. The highest BCUT2D eigenvalue weighted by Gasteiger charge is 2.19. The van der Waals surface area contributed by atoms with Gasteiger partial charge in [-0.15, -0.1) is 10.2 Å². The van der Waals surface area contributed by atoms with Gasteiger partial charge >= 0.3 is 0 Å². The topological polar surface area (TPSA) is 64.5 Å². The summed E-state index contributed by atoms with van der Waals surface area (Å²) >= 11 is 0. The van der Waals surface area contributed by atoms with E-state index in [1.54, 1.807) is 0 Å². The first-order valence-corrected chi connectivity index (χ1v) is 9.30. The van der Waals surface area contributed by atoms with Gasteiger partial charge in [0.25, 0.3) is 0 Å². The molecule has 0 fully saturated rings. The summed E-state index contributed by atoms with van der Waals surface area (Å²) in [6.07, 6.45) is 0. The van der Waals surface area contributed by atoms with Crippen molar-refractivity contribution in [2.75, 3.05) is 0 Å². The van der Waals surface area contributed by atoms with Crippen molar-refractivity contribution in [3.05, 3.63) is 66.2 Å². The Bertz CT molecular complexity index is 1350. The highest BCUT2D eigenvalue weighted by atomic mass is 15.2. The monoisotopic (exact) mass is 365 g/mol. The van der Waals surface area contributed by atoms with Gasteiger partial charge in [-0.3, -0.25) is 0 Å². The molecule has 0 radical (unpaired) electrons. The Kier molecular flexibility index (Phi) is 3.59. The van der Waals surface area contributed by atoms with Crippen molar-refractivity contribution in [3.63, 3.8) is 0 Å². The molecule has 0 aliphatic heterocycles. The van der Waals surface area contributed by atoms with Crippen molar-refractivity contribution in [1.29, 1.82) is 0 Å². The number of rotatable bonds is 1. The minimum atomic E-state index is -0.00407.